The lowest BCUT2D eigenvalue weighted by Crippen LogP contribution is -2.22. The Labute approximate surface area is 88.9 Å². The molecule has 1 saturated heterocycles. The second-order valence-electron chi connectivity index (χ2n) is 4.07. The highest BCUT2D eigenvalue weighted by molar-refractivity contribution is 5.85. The lowest BCUT2D eigenvalue weighted by atomic mass is 10.1. The predicted octanol–water partition coefficient (Wildman–Crippen LogP) is 1.87. The van der Waals surface area contributed by atoms with E-state index in [4.69, 9.17) is 5.11 Å². The fraction of sp³-hybridized carbons (Fsp3) is 0.545. The minimum Gasteiger partial charge on any atom is -0.477 e. The van der Waals surface area contributed by atoms with Gasteiger partial charge in [0.15, 0.2) is 0 Å². The molecule has 1 aromatic heterocycles. The first-order chi connectivity index (χ1) is 7.18. The summed E-state index contributed by atoms with van der Waals surface area (Å²) < 4.78 is 0. The monoisotopic (exact) mass is 208 g/mol. The van der Waals surface area contributed by atoms with E-state index >= 15 is 0 Å². The van der Waals surface area contributed by atoms with Gasteiger partial charge in [-0.1, -0.05) is 0 Å². The van der Waals surface area contributed by atoms with Gasteiger partial charge in [-0.05, 0) is 44.5 Å². The maximum absolute atomic E-state index is 10.7. The van der Waals surface area contributed by atoms with Crippen LogP contribution in [0.4, 0.5) is 0 Å². The molecule has 82 valence electrons. The molecule has 15 heavy (non-hydrogen) atoms. The van der Waals surface area contributed by atoms with Crippen LogP contribution < -0.4 is 0 Å². The lowest BCUT2D eigenvalue weighted by molar-refractivity contribution is 0.0691. The molecule has 1 aliphatic rings. The standard InChI is InChI=1S/C11H16N2O2/c1-8(13-4-2-3-5-13)9-6-10(11(14)15)12-7-9/h6-8,12H,2-5H2,1H3,(H,14,15). The topological polar surface area (TPSA) is 56.3 Å². The summed E-state index contributed by atoms with van der Waals surface area (Å²) in [7, 11) is 0. The minimum atomic E-state index is -0.894. The van der Waals surface area contributed by atoms with Gasteiger partial charge in [0.25, 0.3) is 0 Å². The van der Waals surface area contributed by atoms with Crippen molar-refractivity contribution in [2.75, 3.05) is 13.1 Å². The molecular formula is C11H16N2O2. The van der Waals surface area contributed by atoms with Crippen molar-refractivity contribution in [1.29, 1.82) is 0 Å². The number of carboxylic acid groups (broad SMARTS) is 1. The number of nitrogens with one attached hydrogen (secondary N) is 1. The SMILES string of the molecule is CC(c1c[nH]c(C(=O)O)c1)N1CCCC1. The van der Waals surface area contributed by atoms with Crippen molar-refractivity contribution in [3.8, 4) is 0 Å². The molecule has 0 saturated carbocycles. The maximum Gasteiger partial charge on any atom is 0.352 e. The van der Waals surface area contributed by atoms with Gasteiger partial charge in [0.05, 0.1) is 0 Å². The molecule has 0 bridgehead atoms. The quantitative estimate of drug-likeness (QED) is 0.797. The first kappa shape index (κ1) is 10.2. The molecule has 2 rings (SSSR count). The van der Waals surface area contributed by atoms with E-state index in [2.05, 4.69) is 16.8 Å². The van der Waals surface area contributed by atoms with Crippen LogP contribution in [0, 0.1) is 0 Å². The van der Waals surface area contributed by atoms with Crippen LogP contribution >= 0.6 is 0 Å². The van der Waals surface area contributed by atoms with Gasteiger partial charge in [0, 0.05) is 12.2 Å². The normalized spacial score (nSPS) is 19.3. The summed E-state index contributed by atoms with van der Waals surface area (Å²) in [5.74, 6) is -0.894. The van der Waals surface area contributed by atoms with Crippen LogP contribution in [0.3, 0.4) is 0 Å². The van der Waals surface area contributed by atoms with Crippen LogP contribution in [0.25, 0.3) is 0 Å². The van der Waals surface area contributed by atoms with E-state index in [1.807, 2.05) is 0 Å². The summed E-state index contributed by atoms with van der Waals surface area (Å²) in [6.07, 6.45) is 4.30. The molecule has 2 heterocycles. The van der Waals surface area contributed by atoms with Gasteiger partial charge in [-0.25, -0.2) is 4.79 Å². The Bertz CT molecular complexity index is 353. The number of H-pyrrole nitrogens is 1. The van der Waals surface area contributed by atoms with E-state index in [1.54, 1.807) is 12.3 Å². The molecule has 0 spiro atoms. The highest BCUT2D eigenvalue weighted by Gasteiger charge is 2.20. The fourth-order valence-electron chi connectivity index (χ4n) is 2.12. The van der Waals surface area contributed by atoms with Crippen LogP contribution in [-0.4, -0.2) is 34.0 Å². The van der Waals surface area contributed by atoms with Gasteiger partial charge < -0.3 is 10.1 Å². The summed E-state index contributed by atoms with van der Waals surface area (Å²) in [6.45, 7) is 4.36. The van der Waals surface area contributed by atoms with E-state index in [0.29, 0.717) is 6.04 Å². The third-order valence-electron chi connectivity index (χ3n) is 3.11. The number of aromatic carboxylic acids is 1. The van der Waals surface area contributed by atoms with Crippen molar-refractivity contribution in [1.82, 2.24) is 9.88 Å². The summed E-state index contributed by atoms with van der Waals surface area (Å²) in [5.41, 5.74) is 1.34. The number of aromatic nitrogens is 1. The Morgan fingerprint density at radius 2 is 2.20 bits per heavy atom. The van der Waals surface area contributed by atoms with Crippen LogP contribution in [0.5, 0.6) is 0 Å². The fourth-order valence-corrected chi connectivity index (χ4v) is 2.12. The number of aromatic amines is 1. The highest BCUT2D eigenvalue weighted by Crippen LogP contribution is 2.24. The molecule has 1 aromatic rings. The molecule has 1 fully saturated rings. The number of likely N-dealkylation sites (tertiary alicyclic amines) is 1. The Hall–Kier alpha value is -1.29. The van der Waals surface area contributed by atoms with Gasteiger partial charge in [0.2, 0.25) is 0 Å². The van der Waals surface area contributed by atoms with Gasteiger partial charge >= 0.3 is 5.97 Å². The van der Waals surface area contributed by atoms with E-state index in [-0.39, 0.29) is 5.69 Å². The van der Waals surface area contributed by atoms with Crippen molar-refractivity contribution in [2.45, 2.75) is 25.8 Å². The van der Waals surface area contributed by atoms with Crippen molar-refractivity contribution in [2.24, 2.45) is 0 Å². The van der Waals surface area contributed by atoms with Crippen LogP contribution in [-0.2, 0) is 0 Å². The number of carboxylic acids is 1. The molecular weight excluding hydrogens is 192 g/mol. The van der Waals surface area contributed by atoms with Crippen molar-refractivity contribution in [3.05, 3.63) is 23.5 Å². The van der Waals surface area contributed by atoms with Crippen molar-refractivity contribution >= 4 is 5.97 Å². The second-order valence-corrected chi connectivity index (χ2v) is 4.07. The molecule has 0 radical (unpaired) electrons. The Balaban J connectivity index is 2.10. The van der Waals surface area contributed by atoms with E-state index in [0.717, 1.165) is 18.7 Å². The zero-order chi connectivity index (χ0) is 10.8. The summed E-state index contributed by atoms with van der Waals surface area (Å²) >= 11 is 0. The highest BCUT2D eigenvalue weighted by atomic mass is 16.4. The van der Waals surface area contributed by atoms with Crippen LogP contribution in [0.15, 0.2) is 12.3 Å². The molecule has 4 heteroatoms. The molecule has 1 unspecified atom stereocenters. The van der Waals surface area contributed by atoms with E-state index < -0.39 is 5.97 Å². The number of nitrogens with zero attached hydrogens (tertiary/aromatic N) is 1. The lowest BCUT2D eigenvalue weighted by Gasteiger charge is -2.22. The molecule has 0 amide bonds. The third-order valence-corrected chi connectivity index (χ3v) is 3.11. The predicted molar refractivity (Wildman–Crippen MR) is 57.0 cm³/mol. The van der Waals surface area contributed by atoms with E-state index in [9.17, 15) is 4.79 Å². The number of hydrogen-bond donors (Lipinski definition) is 2. The Morgan fingerprint density at radius 3 is 2.73 bits per heavy atom. The van der Waals surface area contributed by atoms with Gasteiger partial charge in [-0.3, -0.25) is 4.90 Å². The number of hydrogen-bond acceptors (Lipinski definition) is 2. The maximum atomic E-state index is 10.7. The molecule has 4 nitrogen and oxygen atoms in total. The zero-order valence-corrected chi connectivity index (χ0v) is 8.86. The molecule has 1 aliphatic heterocycles. The molecule has 2 N–H and O–H groups in total. The Kier molecular flexibility index (Phi) is 2.77. The minimum absolute atomic E-state index is 0.274. The first-order valence-corrected chi connectivity index (χ1v) is 5.34. The first-order valence-electron chi connectivity index (χ1n) is 5.34. The molecule has 1 atom stereocenters. The smallest absolute Gasteiger partial charge is 0.352 e. The number of carbonyl (C=O) groups is 1. The average Bonchev–Trinajstić information content (AvgIpc) is 2.88. The van der Waals surface area contributed by atoms with Gasteiger partial charge in [-0.2, -0.15) is 0 Å². The number of rotatable bonds is 3. The average molecular weight is 208 g/mol. The molecule has 0 aromatic carbocycles. The Morgan fingerprint density at radius 1 is 1.53 bits per heavy atom. The summed E-state index contributed by atoms with van der Waals surface area (Å²) in [4.78, 5) is 15.9. The largest absolute Gasteiger partial charge is 0.477 e. The van der Waals surface area contributed by atoms with Crippen molar-refractivity contribution < 1.29 is 9.90 Å². The summed E-state index contributed by atoms with van der Waals surface area (Å²) in [5, 5.41) is 8.80. The van der Waals surface area contributed by atoms with Crippen LogP contribution in [0.1, 0.15) is 41.9 Å². The van der Waals surface area contributed by atoms with Gasteiger partial charge in [0.1, 0.15) is 5.69 Å². The van der Waals surface area contributed by atoms with Gasteiger partial charge in [-0.15, -0.1) is 0 Å². The second kappa shape index (κ2) is 4.06. The molecule has 0 aliphatic carbocycles. The van der Waals surface area contributed by atoms with E-state index in [1.165, 1.54) is 12.8 Å². The third kappa shape index (κ3) is 2.04. The summed E-state index contributed by atoms with van der Waals surface area (Å²) in [6, 6.07) is 2.04. The van der Waals surface area contributed by atoms with Crippen molar-refractivity contribution in [3.63, 3.8) is 0 Å². The zero-order valence-electron chi connectivity index (χ0n) is 8.86. The van der Waals surface area contributed by atoms with Crippen LogP contribution in [0.2, 0.25) is 0 Å².